The van der Waals surface area contributed by atoms with E-state index in [2.05, 4.69) is 17.0 Å². The zero-order valence-corrected chi connectivity index (χ0v) is 12.3. The average Bonchev–Trinajstić information content (AvgIpc) is 2.27. The molecule has 1 atom stereocenters. The summed E-state index contributed by atoms with van der Waals surface area (Å²) in [5.74, 6) is 0.755. The third kappa shape index (κ3) is 3.48. The summed E-state index contributed by atoms with van der Waals surface area (Å²) in [7, 11) is -3.34. The summed E-state index contributed by atoms with van der Waals surface area (Å²) >= 11 is 0. The Kier molecular flexibility index (Phi) is 4.47. The van der Waals surface area contributed by atoms with Crippen molar-refractivity contribution in [3.8, 4) is 0 Å². The lowest BCUT2D eigenvalue weighted by Gasteiger charge is -2.32. The lowest BCUT2D eigenvalue weighted by Crippen LogP contribution is -2.30. The molecule has 1 aromatic rings. The highest BCUT2D eigenvalue weighted by Crippen LogP contribution is 2.31. The first-order valence-electron chi connectivity index (χ1n) is 6.89. The van der Waals surface area contributed by atoms with Gasteiger partial charge in [0.15, 0.2) is 0 Å². The second-order valence-electron chi connectivity index (χ2n) is 5.15. The molecule has 1 fully saturated rings. The summed E-state index contributed by atoms with van der Waals surface area (Å²) in [6, 6.07) is 7.41. The van der Waals surface area contributed by atoms with Crippen LogP contribution in [0.2, 0.25) is 0 Å². The van der Waals surface area contributed by atoms with E-state index in [9.17, 15) is 8.42 Å². The van der Waals surface area contributed by atoms with E-state index in [1.165, 1.54) is 19.3 Å². The summed E-state index contributed by atoms with van der Waals surface area (Å²) < 4.78 is 26.1. The SMILES string of the molecule is CCNS(=O)(=O)c1ccc(NC(C)C2CCC2)cc1. The van der Waals surface area contributed by atoms with Crippen molar-refractivity contribution in [2.45, 2.75) is 44.0 Å². The lowest BCUT2D eigenvalue weighted by molar-refractivity contribution is 0.285. The zero-order valence-electron chi connectivity index (χ0n) is 11.5. The maximum absolute atomic E-state index is 11.8. The summed E-state index contributed by atoms with van der Waals surface area (Å²) in [6.45, 7) is 4.36. The van der Waals surface area contributed by atoms with E-state index in [-0.39, 0.29) is 0 Å². The van der Waals surface area contributed by atoms with Crippen molar-refractivity contribution in [2.24, 2.45) is 5.92 Å². The van der Waals surface area contributed by atoms with Crippen LogP contribution in [0.4, 0.5) is 5.69 Å². The van der Waals surface area contributed by atoms with Crippen LogP contribution in [0.1, 0.15) is 33.1 Å². The van der Waals surface area contributed by atoms with Gasteiger partial charge in [0.2, 0.25) is 10.0 Å². The second-order valence-corrected chi connectivity index (χ2v) is 6.92. The number of hydrogen-bond acceptors (Lipinski definition) is 3. The first-order valence-corrected chi connectivity index (χ1v) is 8.37. The summed E-state index contributed by atoms with van der Waals surface area (Å²) in [4.78, 5) is 0.316. The molecule has 0 aromatic heterocycles. The van der Waals surface area contributed by atoms with Gasteiger partial charge in [-0.1, -0.05) is 13.3 Å². The molecule has 1 aromatic carbocycles. The van der Waals surface area contributed by atoms with Crippen molar-refractivity contribution in [3.63, 3.8) is 0 Å². The normalized spacial score (nSPS) is 17.8. The molecule has 5 heteroatoms. The molecule has 0 bridgehead atoms. The van der Waals surface area contributed by atoms with Crippen molar-refractivity contribution in [1.82, 2.24) is 4.72 Å². The van der Waals surface area contributed by atoms with Crippen molar-refractivity contribution in [1.29, 1.82) is 0 Å². The van der Waals surface area contributed by atoms with E-state index >= 15 is 0 Å². The van der Waals surface area contributed by atoms with Crippen LogP contribution in [0, 0.1) is 5.92 Å². The van der Waals surface area contributed by atoms with E-state index in [4.69, 9.17) is 0 Å². The van der Waals surface area contributed by atoms with E-state index < -0.39 is 10.0 Å². The standard InChI is InChI=1S/C14H22N2O2S/c1-3-15-19(17,18)14-9-7-13(8-10-14)16-11(2)12-5-4-6-12/h7-12,15-16H,3-6H2,1-2H3. The Bertz CT molecular complexity index is 507. The number of hydrogen-bond donors (Lipinski definition) is 2. The second kappa shape index (κ2) is 5.92. The summed E-state index contributed by atoms with van der Waals surface area (Å²) in [6.07, 6.45) is 3.92. The molecule has 0 radical (unpaired) electrons. The molecular formula is C14H22N2O2S. The number of anilines is 1. The molecule has 106 valence electrons. The molecule has 0 aliphatic heterocycles. The number of rotatable bonds is 6. The Morgan fingerprint density at radius 2 is 1.89 bits per heavy atom. The third-order valence-corrected chi connectivity index (χ3v) is 5.31. The van der Waals surface area contributed by atoms with Crippen LogP contribution in [0.3, 0.4) is 0 Å². The van der Waals surface area contributed by atoms with Gasteiger partial charge in [0, 0.05) is 18.3 Å². The van der Waals surface area contributed by atoms with Crippen LogP contribution >= 0.6 is 0 Å². The minimum absolute atomic E-state index is 0.316. The van der Waals surface area contributed by atoms with Gasteiger partial charge in [-0.05, 0) is 49.9 Å². The minimum atomic E-state index is -3.34. The van der Waals surface area contributed by atoms with Crippen molar-refractivity contribution >= 4 is 15.7 Å². The molecule has 4 nitrogen and oxygen atoms in total. The fourth-order valence-corrected chi connectivity index (χ4v) is 3.37. The largest absolute Gasteiger partial charge is 0.382 e. The van der Waals surface area contributed by atoms with E-state index in [1.807, 2.05) is 12.1 Å². The highest BCUT2D eigenvalue weighted by atomic mass is 32.2. The molecule has 1 saturated carbocycles. The molecule has 1 unspecified atom stereocenters. The number of sulfonamides is 1. The van der Waals surface area contributed by atoms with Gasteiger partial charge in [-0.15, -0.1) is 0 Å². The Balaban J connectivity index is 2.01. The Labute approximate surface area is 115 Å². The lowest BCUT2D eigenvalue weighted by atomic mass is 9.80. The Hall–Kier alpha value is -1.07. The molecular weight excluding hydrogens is 260 g/mol. The fraction of sp³-hybridized carbons (Fsp3) is 0.571. The van der Waals surface area contributed by atoms with Crippen LogP contribution < -0.4 is 10.0 Å². The molecule has 0 spiro atoms. The quantitative estimate of drug-likeness (QED) is 0.843. The molecule has 1 aliphatic carbocycles. The van der Waals surface area contributed by atoms with E-state index in [1.54, 1.807) is 19.1 Å². The third-order valence-electron chi connectivity index (χ3n) is 3.75. The maximum Gasteiger partial charge on any atom is 0.240 e. The van der Waals surface area contributed by atoms with Crippen LogP contribution in [-0.2, 0) is 10.0 Å². The van der Waals surface area contributed by atoms with Gasteiger partial charge in [0.1, 0.15) is 0 Å². The first kappa shape index (κ1) is 14.3. The molecule has 0 heterocycles. The Morgan fingerprint density at radius 1 is 1.26 bits per heavy atom. The smallest absolute Gasteiger partial charge is 0.240 e. The van der Waals surface area contributed by atoms with Gasteiger partial charge in [-0.25, -0.2) is 13.1 Å². The topological polar surface area (TPSA) is 58.2 Å². The van der Waals surface area contributed by atoms with Crippen LogP contribution in [0.5, 0.6) is 0 Å². The van der Waals surface area contributed by atoms with Gasteiger partial charge < -0.3 is 5.32 Å². The van der Waals surface area contributed by atoms with Gasteiger partial charge in [-0.3, -0.25) is 0 Å². The van der Waals surface area contributed by atoms with Crippen LogP contribution in [-0.4, -0.2) is 21.0 Å². The predicted molar refractivity (Wildman–Crippen MR) is 77.7 cm³/mol. The fourth-order valence-electron chi connectivity index (χ4n) is 2.32. The van der Waals surface area contributed by atoms with Gasteiger partial charge in [-0.2, -0.15) is 0 Å². The summed E-state index contributed by atoms with van der Waals surface area (Å²) in [5, 5.41) is 3.44. The minimum Gasteiger partial charge on any atom is -0.382 e. The Morgan fingerprint density at radius 3 is 2.37 bits per heavy atom. The average molecular weight is 282 g/mol. The molecule has 2 rings (SSSR count). The molecule has 19 heavy (non-hydrogen) atoms. The molecule has 1 aliphatic rings. The predicted octanol–water partition coefficient (Wildman–Crippen LogP) is 2.59. The van der Waals surface area contributed by atoms with Crippen molar-refractivity contribution in [3.05, 3.63) is 24.3 Å². The summed E-state index contributed by atoms with van der Waals surface area (Å²) in [5.41, 5.74) is 0.981. The van der Waals surface area contributed by atoms with E-state index in [0.29, 0.717) is 17.5 Å². The molecule has 2 N–H and O–H groups in total. The van der Waals surface area contributed by atoms with Crippen molar-refractivity contribution in [2.75, 3.05) is 11.9 Å². The number of nitrogens with one attached hydrogen (secondary N) is 2. The van der Waals surface area contributed by atoms with Crippen molar-refractivity contribution < 1.29 is 8.42 Å². The van der Waals surface area contributed by atoms with Gasteiger partial charge >= 0.3 is 0 Å². The van der Waals surface area contributed by atoms with Crippen LogP contribution in [0.15, 0.2) is 29.2 Å². The highest BCUT2D eigenvalue weighted by molar-refractivity contribution is 7.89. The monoisotopic (exact) mass is 282 g/mol. The van der Waals surface area contributed by atoms with E-state index in [0.717, 1.165) is 11.6 Å². The van der Waals surface area contributed by atoms with Gasteiger partial charge in [0.05, 0.1) is 4.90 Å². The highest BCUT2D eigenvalue weighted by Gasteiger charge is 2.23. The maximum atomic E-state index is 11.8. The van der Waals surface area contributed by atoms with Gasteiger partial charge in [0.25, 0.3) is 0 Å². The molecule has 0 saturated heterocycles. The first-order chi connectivity index (χ1) is 9.03. The zero-order chi connectivity index (χ0) is 13.9. The van der Waals surface area contributed by atoms with Crippen LogP contribution in [0.25, 0.3) is 0 Å². The molecule has 0 amide bonds. The number of benzene rings is 1.